The molecule has 7 heteroatoms. The van der Waals surface area contributed by atoms with E-state index in [2.05, 4.69) is 28.7 Å². The van der Waals surface area contributed by atoms with Crippen molar-refractivity contribution in [2.24, 2.45) is 0 Å². The van der Waals surface area contributed by atoms with E-state index < -0.39 is 6.10 Å². The van der Waals surface area contributed by atoms with Crippen LogP contribution in [-0.2, 0) is 24.1 Å². The van der Waals surface area contributed by atoms with Gasteiger partial charge in [0.05, 0.1) is 24.6 Å². The van der Waals surface area contributed by atoms with Gasteiger partial charge in [0.15, 0.2) is 0 Å². The summed E-state index contributed by atoms with van der Waals surface area (Å²) in [5, 5.41) is 10.8. The van der Waals surface area contributed by atoms with Gasteiger partial charge >= 0.3 is 0 Å². The minimum absolute atomic E-state index is 0.0319. The number of aromatic nitrogens is 2. The van der Waals surface area contributed by atoms with Gasteiger partial charge < -0.3 is 14.8 Å². The first-order chi connectivity index (χ1) is 11.5. The van der Waals surface area contributed by atoms with Crippen LogP contribution in [0.3, 0.4) is 0 Å². The van der Waals surface area contributed by atoms with Crippen LogP contribution in [0.4, 0.5) is 0 Å². The van der Waals surface area contributed by atoms with Crippen molar-refractivity contribution in [3.63, 3.8) is 0 Å². The molecular weight excluding hydrogens is 326 g/mol. The molecule has 2 aromatic heterocycles. The van der Waals surface area contributed by atoms with Gasteiger partial charge in [0.1, 0.15) is 10.7 Å². The quantitative estimate of drug-likeness (QED) is 0.794. The normalized spacial score (nSPS) is 15.6. The molecule has 0 radical (unpaired) electrons. The van der Waals surface area contributed by atoms with Crippen molar-refractivity contribution in [3.8, 4) is 0 Å². The third-order valence-electron chi connectivity index (χ3n) is 4.51. The Bertz CT molecular complexity index is 768. The first-order valence-electron chi connectivity index (χ1n) is 8.44. The zero-order chi connectivity index (χ0) is 17.3. The van der Waals surface area contributed by atoms with Crippen LogP contribution < -0.4 is 5.56 Å². The lowest BCUT2D eigenvalue weighted by molar-refractivity contribution is 0.0272. The summed E-state index contributed by atoms with van der Waals surface area (Å²) >= 11 is 1.65. The second-order valence-electron chi connectivity index (χ2n) is 6.68. The number of aliphatic hydroxyl groups excluding tert-OH is 1. The highest BCUT2D eigenvalue weighted by atomic mass is 32.1. The molecule has 1 aliphatic rings. The maximum Gasteiger partial charge on any atom is 0.259 e. The lowest BCUT2D eigenvalue weighted by atomic mass is 10.2. The number of hydrogen-bond donors (Lipinski definition) is 2. The molecule has 1 atom stereocenters. The number of methoxy groups -OCH3 is 1. The fourth-order valence-electron chi connectivity index (χ4n) is 3.29. The average Bonchev–Trinajstić information content (AvgIpc) is 3.06. The molecule has 2 N–H and O–H groups in total. The summed E-state index contributed by atoms with van der Waals surface area (Å²) < 4.78 is 5.00. The number of rotatable bonds is 7. The molecule has 2 heterocycles. The van der Waals surface area contributed by atoms with Crippen LogP contribution in [-0.4, -0.2) is 52.4 Å². The van der Waals surface area contributed by atoms with E-state index in [-0.39, 0.29) is 11.6 Å². The summed E-state index contributed by atoms with van der Waals surface area (Å²) in [6, 6.07) is 0.228. The van der Waals surface area contributed by atoms with Crippen molar-refractivity contribution < 1.29 is 9.84 Å². The summed E-state index contributed by atoms with van der Waals surface area (Å²) in [4.78, 5) is 24.4. The predicted octanol–water partition coefficient (Wildman–Crippen LogP) is 1.69. The standard InChI is InChI=1S/C17H25N3O3S/c1-10(2)20(7-11(21)9-23-3)8-14-18-16(22)15-12-5-4-6-13(12)24-17(15)19-14/h10-11,21H,4-9H2,1-3H3,(H,18,19,22)/t11-/m0/s1. The smallest absolute Gasteiger partial charge is 0.259 e. The molecule has 0 saturated heterocycles. The van der Waals surface area contributed by atoms with E-state index in [4.69, 9.17) is 4.74 Å². The lowest BCUT2D eigenvalue weighted by Crippen LogP contribution is -2.39. The van der Waals surface area contributed by atoms with Crippen molar-refractivity contribution in [1.82, 2.24) is 14.9 Å². The molecule has 0 fully saturated rings. The topological polar surface area (TPSA) is 78.5 Å². The summed E-state index contributed by atoms with van der Waals surface area (Å²) in [6.45, 7) is 5.41. The minimum atomic E-state index is -0.557. The molecule has 1 aliphatic carbocycles. The fourth-order valence-corrected chi connectivity index (χ4v) is 4.57. The van der Waals surface area contributed by atoms with Gasteiger partial charge in [-0.3, -0.25) is 9.69 Å². The number of H-pyrrole nitrogens is 1. The van der Waals surface area contributed by atoms with Crippen molar-refractivity contribution >= 4 is 21.6 Å². The molecule has 0 amide bonds. The molecule has 24 heavy (non-hydrogen) atoms. The number of aryl methyl sites for hydroxylation is 2. The van der Waals surface area contributed by atoms with Gasteiger partial charge in [0.2, 0.25) is 0 Å². The maximum atomic E-state index is 12.5. The zero-order valence-electron chi connectivity index (χ0n) is 14.5. The predicted molar refractivity (Wildman–Crippen MR) is 95.7 cm³/mol. The van der Waals surface area contributed by atoms with Gasteiger partial charge in [-0.1, -0.05) is 0 Å². The number of thiophene rings is 1. The van der Waals surface area contributed by atoms with Crippen LogP contribution in [0, 0.1) is 0 Å². The van der Waals surface area contributed by atoms with Gasteiger partial charge in [0, 0.05) is 24.6 Å². The number of hydrogen-bond acceptors (Lipinski definition) is 6. The lowest BCUT2D eigenvalue weighted by Gasteiger charge is -2.27. The highest BCUT2D eigenvalue weighted by Gasteiger charge is 2.22. The Morgan fingerprint density at radius 1 is 1.42 bits per heavy atom. The van der Waals surface area contributed by atoms with E-state index in [1.807, 2.05) is 0 Å². The van der Waals surface area contributed by atoms with Crippen LogP contribution in [0.15, 0.2) is 4.79 Å². The van der Waals surface area contributed by atoms with Gasteiger partial charge in [-0.25, -0.2) is 4.98 Å². The SMILES string of the molecule is COC[C@@H](O)CN(Cc1nc2sc3c(c2c(=O)[nH]1)CCC3)C(C)C. The van der Waals surface area contributed by atoms with E-state index in [0.717, 1.165) is 29.5 Å². The third-order valence-corrected chi connectivity index (χ3v) is 5.70. The summed E-state index contributed by atoms with van der Waals surface area (Å²) in [5.41, 5.74) is 1.17. The zero-order valence-corrected chi connectivity index (χ0v) is 15.3. The number of aromatic amines is 1. The Morgan fingerprint density at radius 3 is 2.92 bits per heavy atom. The maximum absolute atomic E-state index is 12.5. The Kier molecular flexibility index (Phi) is 5.34. The van der Waals surface area contributed by atoms with Crippen molar-refractivity contribution in [2.75, 3.05) is 20.3 Å². The van der Waals surface area contributed by atoms with E-state index in [9.17, 15) is 9.90 Å². The largest absolute Gasteiger partial charge is 0.389 e. The van der Waals surface area contributed by atoms with Crippen molar-refractivity contribution in [3.05, 3.63) is 26.6 Å². The molecule has 0 spiro atoms. The molecule has 0 aromatic carbocycles. The highest BCUT2D eigenvalue weighted by molar-refractivity contribution is 7.18. The summed E-state index contributed by atoms with van der Waals surface area (Å²) in [7, 11) is 1.58. The number of ether oxygens (including phenoxy) is 1. The number of nitrogens with zero attached hydrogens (tertiary/aromatic N) is 2. The number of aliphatic hydroxyl groups is 1. The summed E-state index contributed by atoms with van der Waals surface area (Å²) in [5.74, 6) is 0.658. The number of nitrogens with one attached hydrogen (secondary N) is 1. The molecule has 0 unspecified atom stereocenters. The molecule has 0 saturated carbocycles. The summed E-state index contributed by atoms with van der Waals surface area (Å²) in [6.07, 6.45) is 2.63. The molecule has 132 valence electrons. The molecule has 2 aromatic rings. The average molecular weight is 351 g/mol. The highest BCUT2D eigenvalue weighted by Crippen LogP contribution is 2.34. The monoisotopic (exact) mass is 351 g/mol. The Hall–Kier alpha value is -1.28. The number of fused-ring (bicyclic) bond motifs is 3. The second kappa shape index (κ2) is 7.31. The van der Waals surface area contributed by atoms with Crippen LogP contribution >= 0.6 is 11.3 Å². The van der Waals surface area contributed by atoms with E-state index in [1.54, 1.807) is 18.4 Å². The Labute approximate surface area is 145 Å². The van der Waals surface area contributed by atoms with Crippen LogP contribution in [0.25, 0.3) is 10.2 Å². The van der Waals surface area contributed by atoms with Crippen molar-refractivity contribution in [2.45, 2.75) is 51.8 Å². The Morgan fingerprint density at radius 2 is 2.21 bits per heavy atom. The first-order valence-corrected chi connectivity index (χ1v) is 9.25. The third kappa shape index (κ3) is 3.54. The van der Waals surface area contributed by atoms with E-state index in [1.165, 1.54) is 10.4 Å². The van der Waals surface area contributed by atoms with Crippen LogP contribution in [0.1, 0.15) is 36.5 Å². The molecule has 3 rings (SSSR count). The Balaban J connectivity index is 1.84. The molecule has 0 aliphatic heterocycles. The second-order valence-corrected chi connectivity index (χ2v) is 7.77. The van der Waals surface area contributed by atoms with Gasteiger partial charge in [-0.05, 0) is 38.7 Å². The molecule has 0 bridgehead atoms. The first kappa shape index (κ1) is 17.5. The van der Waals surface area contributed by atoms with Crippen LogP contribution in [0.2, 0.25) is 0 Å². The van der Waals surface area contributed by atoms with E-state index in [0.29, 0.717) is 25.5 Å². The van der Waals surface area contributed by atoms with Gasteiger partial charge in [-0.15, -0.1) is 11.3 Å². The molecule has 6 nitrogen and oxygen atoms in total. The fraction of sp³-hybridized carbons (Fsp3) is 0.647. The van der Waals surface area contributed by atoms with Crippen molar-refractivity contribution in [1.29, 1.82) is 0 Å². The van der Waals surface area contributed by atoms with Crippen LogP contribution in [0.5, 0.6) is 0 Å². The minimum Gasteiger partial charge on any atom is -0.389 e. The molecular formula is C17H25N3O3S. The van der Waals surface area contributed by atoms with Gasteiger partial charge in [-0.2, -0.15) is 0 Å². The van der Waals surface area contributed by atoms with E-state index >= 15 is 0 Å². The van der Waals surface area contributed by atoms with Gasteiger partial charge in [0.25, 0.3) is 5.56 Å².